The molecule has 1 heterocycles. The number of carbonyl (C=O) groups is 1. The zero-order valence-electron chi connectivity index (χ0n) is 9.64. The third-order valence-electron chi connectivity index (χ3n) is 3.20. The van der Waals surface area contributed by atoms with Crippen LogP contribution >= 0.6 is 11.3 Å². The van der Waals surface area contributed by atoms with Gasteiger partial charge < -0.3 is 5.32 Å². The number of nitrogens with one attached hydrogen (secondary N) is 1. The molecule has 1 aromatic heterocycles. The van der Waals surface area contributed by atoms with Crippen LogP contribution in [0.25, 0.3) is 10.2 Å². The van der Waals surface area contributed by atoms with Crippen molar-refractivity contribution in [2.24, 2.45) is 11.8 Å². The average Bonchev–Trinajstić information content (AvgIpc) is 2.92. The summed E-state index contributed by atoms with van der Waals surface area (Å²) in [5.41, 5.74) is 1.02. The number of benzene rings is 1. The lowest BCUT2D eigenvalue weighted by atomic mass is 10.3. The molecule has 0 spiro atoms. The minimum atomic E-state index is 0.178. The number of fused-ring (bicyclic) bond motifs is 1. The summed E-state index contributed by atoms with van der Waals surface area (Å²) in [6.07, 6.45) is 1.03. The Labute approximate surface area is 104 Å². The molecule has 3 rings (SSSR count). The number of hydrogen-bond acceptors (Lipinski definition) is 3. The Kier molecular flexibility index (Phi) is 2.59. The Hall–Kier alpha value is -1.42. The summed E-state index contributed by atoms with van der Waals surface area (Å²) in [7, 11) is 0. The molecular weight excluding hydrogens is 232 g/mol. The smallest absolute Gasteiger partial charge is 0.223 e. The molecule has 1 N–H and O–H groups in total. The van der Waals surface area contributed by atoms with Gasteiger partial charge in [-0.2, -0.15) is 0 Å². The van der Waals surface area contributed by atoms with E-state index < -0.39 is 0 Å². The van der Waals surface area contributed by atoms with E-state index in [0.717, 1.165) is 16.9 Å². The van der Waals surface area contributed by atoms with Crippen LogP contribution in [0.3, 0.4) is 0 Å². The molecule has 3 nitrogen and oxygen atoms in total. The zero-order chi connectivity index (χ0) is 11.8. The van der Waals surface area contributed by atoms with E-state index in [1.165, 1.54) is 4.70 Å². The normalized spacial score (nSPS) is 22.6. The summed E-state index contributed by atoms with van der Waals surface area (Å²) in [4.78, 5) is 16.2. The third kappa shape index (κ3) is 2.17. The third-order valence-corrected chi connectivity index (χ3v) is 4.23. The highest BCUT2D eigenvalue weighted by Crippen LogP contribution is 2.37. The molecule has 1 fully saturated rings. The molecule has 88 valence electrons. The van der Waals surface area contributed by atoms with Crippen LogP contribution < -0.4 is 5.32 Å². The lowest BCUT2D eigenvalue weighted by Crippen LogP contribution is -2.24. The van der Waals surface area contributed by atoms with E-state index in [0.29, 0.717) is 12.5 Å². The van der Waals surface area contributed by atoms with Gasteiger partial charge in [-0.3, -0.25) is 4.79 Å². The molecular formula is C13H14N2OS. The fourth-order valence-electron chi connectivity index (χ4n) is 1.98. The van der Waals surface area contributed by atoms with Crippen molar-refractivity contribution in [3.05, 3.63) is 29.3 Å². The molecule has 0 radical (unpaired) electrons. The average molecular weight is 246 g/mol. The van der Waals surface area contributed by atoms with Crippen LogP contribution in [-0.4, -0.2) is 10.9 Å². The first-order valence-electron chi connectivity index (χ1n) is 5.86. The van der Waals surface area contributed by atoms with Crippen LogP contribution in [0.5, 0.6) is 0 Å². The predicted molar refractivity (Wildman–Crippen MR) is 68.7 cm³/mol. The van der Waals surface area contributed by atoms with Crippen molar-refractivity contribution in [3.8, 4) is 0 Å². The van der Waals surface area contributed by atoms with E-state index in [2.05, 4.69) is 23.3 Å². The minimum absolute atomic E-state index is 0.178. The molecule has 0 aliphatic heterocycles. The van der Waals surface area contributed by atoms with E-state index in [4.69, 9.17) is 0 Å². The second kappa shape index (κ2) is 4.11. The summed E-state index contributed by atoms with van der Waals surface area (Å²) in [5, 5.41) is 3.94. The Morgan fingerprint density at radius 2 is 2.29 bits per heavy atom. The van der Waals surface area contributed by atoms with Gasteiger partial charge in [0.15, 0.2) is 0 Å². The SMILES string of the molecule is CC1CC1C(=O)NCc1nc2ccccc2s1. The van der Waals surface area contributed by atoms with Gasteiger partial charge in [0.25, 0.3) is 0 Å². The minimum Gasteiger partial charge on any atom is -0.349 e. The highest BCUT2D eigenvalue weighted by Gasteiger charge is 2.38. The molecule has 1 aromatic carbocycles. The topological polar surface area (TPSA) is 42.0 Å². The molecule has 0 saturated heterocycles. The van der Waals surface area contributed by atoms with E-state index in [9.17, 15) is 4.79 Å². The van der Waals surface area contributed by atoms with Crippen LogP contribution in [0.4, 0.5) is 0 Å². The van der Waals surface area contributed by atoms with Crippen LogP contribution in [-0.2, 0) is 11.3 Å². The zero-order valence-corrected chi connectivity index (χ0v) is 10.5. The van der Waals surface area contributed by atoms with Gasteiger partial charge in [-0.25, -0.2) is 4.98 Å². The van der Waals surface area contributed by atoms with Crippen molar-refractivity contribution < 1.29 is 4.79 Å². The lowest BCUT2D eigenvalue weighted by molar-refractivity contribution is -0.122. The van der Waals surface area contributed by atoms with Gasteiger partial charge in [0.1, 0.15) is 5.01 Å². The summed E-state index contributed by atoms with van der Waals surface area (Å²) < 4.78 is 1.18. The van der Waals surface area contributed by atoms with Crippen LogP contribution in [0.15, 0.2) is 24.3 Å². The van der Waals surface area contributed by atoms with Crippen molar-refractivity contribution in [2.75, 3.05) is 0 Å². The van der Waals surface area contributed by atoms with Crippen LogP contribution in [0, 0.1) is 11.8 Å². The van der Waals surface area contributed by atoms with Crippen molar-refractivity contribution in [2.45, 2.75) is 19.9 Å². The number of nitrogens with zero attached hydrogens (tertiary/aromatic N) is 1. The number of thiazole rings is 1. The van der Waals surface area contributed by atoms with Crippen molar-refractivity contribution >= 4 is 27.5 Å². The highest BCUT2D eigenvalue weighted by molar-refractivity contribution is 7.18. The standard InChI is InChI=1S/C13H14N2OS/c1-8-6-9(8)13(16)14-7-12-15-10-4-2-3-5-11(10)17-12/h2-5,8-9H,6-7H2,1H3,(H,14,16). The molecule has 2 atom stereocenters. The van der Waals surface area contributed by atoms with Gasteiger partial charge in [0, 0.05) is 5.92 Å². The molecule has 17 heavy (non-hydrogen) atoms. The number of aromatic nitrogens is 1. The fraction of sp³-hybridized carbons (Fsp3) is 0.385. The number of carbonyl (C=O) groups excluding carboxylic acids is 1. The molecule has 1 amide bonds. The van der Waals surface area contributed by atoms with E-state index >= 15 is 0 Å². The van der Waals surface area contributed by atoms with Crippen LogP contribution in [0.1, 0.15) is 18.4 Å². The Morgan fingerprint density at radius 3 is 3.00 bits per heavy atom. The molecule has 1 aliphatic rings. The Bertz CT molecular complexity index is 530. The second-order valence-electron chi connectivity index (χ2n) is 4.61. The number of rotatable bonds is 3. The summed E-state index contributed by atoms with van der Waals surface area (Å²) in [6.45, 7) is 2.67. The largest absolute Gasteiger partial charge is 0.349 e. The number of amides is 1. The Morgan fingerprint density at radius 1 is 1.53 bits per heavy atom. The Balaban J connectivity index is 1.66. The van der Waals surface area contributed by atoms with Crippen molar-refractivity contribution in [1.29, 1.82) is 0 Å². The van der Waals surface area contributed by atoms with Gasteiger partial charge >= 0.3 is 0 Å². The van der Waals surface area contributed by atoms with Gasteiger partial charge in [-0.05, 0) is 24.5 Å². The second-order valence-corrected chi connectivity index (χ2v) is 5.73. The van der Waals surface area contributed by atoms with E-state index in [1.54, 1.807) is 11.3 Å². The predicted octanol–water partition coefficient (Wildman–Crippen LogP) is 2.57. The van der Waals surface area contributed by atoms with Gasteiger partial charge in [-0.1, -0.05) is 19.1 Å². The number of para-hydroxylation sites is 1. The lowest BCUT2D eigenvalue weighted by Gasteiger charge is -2.00. The first kappa shape index (κ1) is 10.7. The summed E-state index contributed by atoms with van der Waals surface area (Å²) in [6, 6.07) is 8.05. The fourth-order valence-corrected chi connectivity index (χ4v) is 2.88. The quantitative estimate of drug-likeness (QED) is 0.904. The molecule has 1 aliphatic carbocycles. The van der Waals surface area contributed by atoms with Crippen molar-refractivity contribution in [3.63, 3.8) is 0 Å². The molecule has 1 saturated carbocycles. The maximum Gasteiger partial charge on any atom is 0.223 e. The van der Waals surface area contributed by atoms with E-state index in [-0.39, 0.29) is 11.8 Å². The van der Waals surface area contributed by atoms with Gasteiger partial charge in [0.2, 0.25) is 5.91 Å². The summed E-state index contributed by atoms with van der Waals surface area (Å²) >= 11 is 1.65. The maximum atomic E-state index is 11.7. The monoisotopic (exact) mass is 246 g/mol. The molecule has 2 unspecified atom stereocenters. The summed E-state index contributed by atoms with van der Waals surface area (Å²) in [5.74, 6) is 0.978. The first-order chi connectivity index (χ1) is 8.24. The number of hydrogen-bond donors (Lipinski definition) is 1. The van der Waals surface area contributed by atoms with Crippen LogP contribution in [0.2, 0.25) is 0 Å². The molecule has 4 heteroatoms. The van der Waals surface area contributed by atoms with Gasteiger partial charge in [-0.15, -0.1) is 11.3 Å². The highest BCUT2D eigenvalue weighted by atomic mass is 32.1. The van der Waals surface area contributed by atoms with Crippen molar-refractivity contribution in [1.82, 2.24) is 10.3 Å². The maximum absolute atomic E-state index is 11.7. The van der Waals surface area contributed by atoms with Gasteiger partial charge in [0.05, 0.1) is 16.8 Å². The molecule has 2 aromatic rings. The van der Waals surface area contributed by atoms with E-state index in [1.807, 2.05) is 18.2 Å². The first-order valence-corrected chi connectivity index (χ1v) is 6.68. The molecule has 0 bridgehead atoms.